The van der Waals surface area contributed by atoms with E-state index in [1.807, 2.05) is 0 Å². The van der Waals surface area contributed by atoms with Crippen molar-refractivity contribution in [2.75, 3.05) is 7.11 Å². The van der Waals surface area contributed by atoms with Crippen molar-refractivity contribution >= 4 is 0 Å². The molecule has 0 saturated heterocycles. The van der Waals surface area contributed by atoms with Crippen molar-refractivity contribution in [2.24, 2.45) is 0 Å². The SMILES string of the molecule is COc1cccnc1C(C)F. The first-order valence-corrected chi connectivity index (χ1v) is 3.38. The number of nitrogens with zero attached hydrogens (tertiary/aromatic N) is 1. The zero-order chi connectivity index (χ0) is 8.27. The molecule has 0 bridgehead atoms. The Kier molecular flexibility index (Phi) is 2.41. The molecule has 1 rings (SSSR count). The van der Waals surface area contributed by atoms with Crippen molar-refractivity contribution in [1.82, 2.24) is 4.98 Å². The molecule has 1 heterocycles. The third kappa shape index (κ3) is 1.67. The van der Waals surface area contributed by atoms with Crippen molar-refractivity contribution in [3.05, 3.63) is 24.0 Å². The molecule has 0 radical (unpaired) electrons. The van der Waals surface area contributed by atoms with E-state index in [-0.39, 0.29) is 0 Å². The molecule has 2 nitrogen and oxygen atoms in total. The molecule has 0 spiro atoms. The Bertz CT molecular complexity index is 237. The van der Waals surface area contributed by atoms with Crippen LogP contribution in [0.4, 0.5) is 4.39 Å². The Balaban J connectivity index is 3.02. The minimum atomic E-state index is -1.08. The van der Waals surface area contributed by atoms with Crippen LogP contribution in [0.1, 0.15) is 18.8 Å². The van der Waals surface area contributed by atoms with Crippen molar-refractivity contribution in [3.63, 3.8) is 0 Å². The second kappa shape index (κ2) is 3.32. The molecule has 0 aromatic carbocycles. The lowest BCUT2D eigenvalue weighted by Crippen LogP contribution is -1.95. The van der Waals surface area contributed by atoms with Crippen LogP contribution in [0, 0.1) is 0 Å². The fourth-order valence-corrected chi connectivity index (χ4v) is 0.874. The topological polar surface area (TPSA) is 22.1 Å². The van der Waals surface area contributed by atoms with Gasteiger partial charge in [0.25, 0.3) is 0 Å². The molecular formula is C8H10FNO. The third-order valence-corrected chi connectivity index (χ3v) is 1.40. The van der Waals surface area contributed by atoms with E-state index in [2.05, 4.69) is 4.98 Å². The van der Waals surface area contributed by atoms with Gasteiger partial charge in [-0.2, -0.15) is 0 Å². The molecule has 1 unspecified atom stereocenters. The lowest BCUT2D eigenvalue weighted by Gasteiger charge is -2.06. The Hall–Kier alpha value is -1.12. The number of hydrogen-bond donors (Lipinski definition) is 0. The van der Waals surface area contributed by atoms with E-state index in [0.717, 1.165) is 0 Å². The smallest absolute Gasteiger partial charge is 0.143 e. The summed E-state index contributed by atoms with van der Waals surface area (Å²) in [5, 5.41) is 0. The van der Waals surface area contributed by atoms with Gasteiger partial charge in [0.15, 0.2) is 0 Å². The lowest BCUT2D eigenvalue weighted by atomic mass is 10.2. The zero-order valence-corrected chi connectivity index (χ0v) is 6.54. The first kappa shape index (κ1) is 7.98. The average Bonchev–Trinajstić information content (AvgIpc) is 2.04. The van der Waals surface area contributed by atoms with Crippen LogP contribution < -0.4 is 4.74 Å². The quantitative estimate of drug-likeness (QED) is 0.652. The maximum Gasteiger partial charge on any atom is 0.143 e. The molecule has 0 aliphatic carbocycles. The van der Waals surface area contributed by atoms with Crippen LogP contribution in [-0.2, 0) is 0 Å². The number of methoxy groups -OCH3 is 1. The number of alkyl halides is 1. The molecule has 0 aliphatic heterocycles. The van der Waals surface area contributed by atoms with Crippen molar-refractivity contribution in [3.8, 4) is 5.75 Å². The number of halogens is 1. The van der Waals surface area contributed by atoms with Gasteiger partial charge in [0, 0.05) is 6.20 Å². The van der Waals surface area contributed by atoms with Crippen molar-refractivity contribution in [2.45, 2.75) is 13.1 Å². The highest BCUT2D eigenvalue weighted by molar-refractivity contribution is 5.27. The summed E-state index contributed by atoms with van der Waals surface area (Å²) in [7, 11) is 1.50. The molecule has 0 saturated carbocycles. The number of hydrogen-bond acceptors (Lipinski definition) is 2. The molecule has 1 atom stereocenters. The van der Waals surface area contributed by atoms with Crippen LogP contribution in [0.5, 0.6) is 5.75 Å². The summed E-state index contributed by atoms with van der Waals surface area (Å²) in [6, 6.07) is 3.41. The van der Waals surface area contributed by atoms with E-state index >= 15 is 0 Å². The predicted octanol–water partition coefficient (Wildman–Crippen LogP) is 2.12. The zero-order valence-electron chi connectivity index (χ0n) is 6.54. The van der Waals surface area contributed by atoms with Crippen LogP contribution in [0.25, 0.3) is 0 Å². The first-order chi connectivity index (χ1) is 5.25. The van der Waals surface area contributed by atoms with E-state index in [1.54, 1.807) is 18.3 Å². The average molecular weight is 155 g/mol. The third-order valence-electron chi connectivity index (χ3n) is 1.40. The molecule has 0 amide bonds. The van der Waals surface area contributed by atoms with Crippen LogP contribution in [0.3, 0.4) is 0 Å². The number of rotatable bonds is 2. The van der Waals surface area contributed by atoms with Gasteiger partial charge in [-0.3, -0.25) is 4.98 Å². The second-order valence-corrected chi connectivity index (χ2v) is 2.21. The monoisotopic (exact) mass is 155 g/mol. The molecule has 3 heteroatoms. The highest BCUT2D eigenvalue weighted by atomic mass is 19.1. The fourth-order valence-electron chi connectivity index (χ4n) is 0.874. The molecule has 0 fully saturated rings. The van der Waals surface area contributed by atoms with Gasteiger partial charge < -0.3 is 4.74 Å². The molecular weight excluding hydrogens is 145 g/mol. The van der Waals surface area contributed by atoms with Gasteiger partial charge in [0.05, 0.1) is 7.11 Å². The summed E-state index contributed by atoms with van der Waals surface area (Å²) in [5.41, 5.74) is 0.356. The van der Waals surface area contributed by atoms with E-state index in [1.165, 1.54) is 14.0 Å². The van der Waals surface area contributed by atoms with Gasteiger partial charge in [-0.25, -0.2) is 4.39 Å². The van der Waals surface area contributed by atoms with Crippen molar-refractivity contribution < 1.29 is 9.13 Å². The molecule has 60 valence electrons. The number of ether oxygens (including phenoxy) is 1. The number of aromatic nitrogens is 1. The Morgan fingerprint density at radius 2 is 2.36 bits per heavy atom. The minimum Gasteiger partial charge on any atom is -0.495 e. The fraction of sp³-hybridized carbons (Fsp3) is 0.375. The highest BCUT2D eigenvalue weighted by Gasteiger charge is 2.09. The molecule has 0 N–H and O–H groups in total. The van der Waals surface area contributed by atoms with E-state index < -0.39 is 6.17 Å². The van der Waals surface area contributed by atoms with Crippen LogP contribution in [0.2, 0.25) is 0 Å². The van der Waals surface area contributed by atoms with E-state index in [0.29, 0.717) is 11.4 Å². The summed E-state index contributed by atoms with van der Waals surface area (Å²) in [6.45, 7) is 1.44. The van der Waals surface area contributed by atoms with Crippen molar-refractivity contribution in [1.29, 1.82) is 0 Å². The van der Waals surface area contributed by atoms with Crippen LogP contribution in [0.15, 0.2) is 18.3 Å². The summed E-state index contributed by atoms with van der Waals surface area (Å²) >= 11 is 0. The van der Waals surface area contributed by atoms with Crippen LogP contribution >= 0.6 is 0 Å². The lowest BCUT2D eigenvalue weighted by molar-refractivity contribution is 0.337. The largest absolute Gasteiger partial charge is 0.495 e. The van der Waals surface area contributed by atoms with Gasteiger partial charge in [0.1, 0.15) is 17.6 Å². The summed E-state index contributed by atoms with van der Waals surface area (Å²) in [5.74, 6) is 0.502. The molecule has 11 heavy (non-hydrogen) atoms. The van der Waals surface area contributed by atoms with Gasteiger partial charge in [-0.05, 0) is 19.1 Å². The predicted molar refractivity (Wildman–Crippen MR) is 40.3 cm³/mol. The first-order valence-electron chi connectivity index (χ1n) is 3.38. The normalized spacial score (nSPS) is 12.6. The maximum atomic E-state index is 12.7. The molecule has 1 aromatic heterocycles. The highest BCUT2D eigenvalue weighted by Crippen LogP contribution is 2.23. The summed E-state index contributed by atoms with van der Waals surface area (Å²) < 4.78 is 17.6. The molecule has 0 aliphatic rings. The Morgan fingerprint density at radius 3 is 2.82 bits per heavy atom. The standard InChI is InChI=1S/C8H10FNO/c1-6(9)8-7(11-2)4-3-5-10-8/h3-6H,1-2H3. The van der Waals surface area contributed by atoms with Crippen LogP contribution in [-0.4, -0.2) is 12.1 Å². The summed E-state index contributed by atoms with van der Waals surface area (Å²) in [6.07, 6.45) is 0.472. The Labute approximate surface area is 65.0 Å². The van der Waals surface area contributed by atoms with E-state index in [9.17, 15) is 4.39 Å². The van der Waals surface area contributed by atoms with Gasteiger partial charge >= 0.3 is 0 Å². The summed E-state index contributed by atoms with van der Waals surface area (Å²) in [4.78, 5) is 3.85. The van der Waals surface area contributed by atoms with E-state index in [4.69, 9.17) is 4.74 Å². The second-order valence-electron chi connectivity index (χ2n) is 2.21. The minimum absolute atomic E-state index is 0.356. The number of pyridine rings is 1. The Morgan fingerprint density at radius 1 is 1.64 bits per heavy atom. The van der Waals surface area contributed by atoms with Gasteiger partial charge in [0.2, 0.25) is 0 Å². The molecule has 1 aromatic rings. The van der Waals surface area contributed by atoms with Gasteiger partial charge in [-0.1, -0.05) is 0 Å². The maximum absolute atomic E-state index is 12.7. The van der Waals surface area contributed by atoms with Gasteiger partial charge in [-0.15, -0.1) is 0 Å².